The number of rotatable bonds is 9. The second kappa shape index (κ2) is 12.0. The normalized spacial score (nSPS) is 11.8. The molecule has 0 aliphatic rings. The summed E-state index contributed by atoms with van der Waals surface area (Å²) in [6, 6.07) is 19.5. The predicted molar refractivity (Wildman–Crippen MR) is 129 cm³/mol. The van der Waals surface area contributed by atoms with E-state index in [1.807, 2.05) is 0 Å². The number of phenolic OH excluding ortho intramolecular Hbond substituents is 1. The molecule has 0 aliphatic heterocycles. The maximum absolute atomic E-state index is 10.7. The lowest BCUT2D eigenvalue weighted by Gasteiger charge is -2.38. The number of nitrogens with zero attached hydrogens (tertiary/aromatic N) is 1. The first kappa shape index (κ1) is 25.8. The van der Waals surface area contributed by atoms with Gasteiger partial charge in [-0.3, -0.25) is 0 Å². The van der Waals surface area contributed by atoms with Crippen molar-refractivity contribution in [3.8, 4) is 5.75 Å². The summed E-state index contributed by atoms with van der Waals surface area (Å²) in [7, 11) is -4.42. The Morgan fingerprint density at radius 3 is 1.84 bits per heavy atom. The third-order valence-corrected chi connectivity index (χ3v) is 6.37. The minimum atomic E-state index is -4.42. The molecule has 6 heteroatoms. The molecule has 5 nitrogen and oxygen atoms in total. The largest absolute Gasteiger partial charge is 0.744 e. The van der Waals surface area contributed by atoms with Crippen molar-refractivity contribution < 1.29 is 22.6 Å². The first-order chi connectivity index (χ1) is 15.2. The zero-order valence-electron chi connectivity index (χ0n) is 19.3. The Morgan fingerprint density at radius 1 is 0.781 bits per heavy atom. The van der Waals surface area contributed by atoms with Crippen LogP contribution in [0.3, 0.4) is 0 Å². The van der Waals surface area contributed by atoms with Crippen LogP contribution in [0.5, 0.6) is 5.75 Å². The highest BCUT2D eigenvalue weighted by Gasteiger charge is 2.24. The lowest BCUT2D eigenvalue weighted by Crippen LogP contribution is -2.48. The summed E-state index contributed by atoms with van der Waals surface area (Å²) in [5.41, 5.74) is 1.49. The van der Waals surface area contributed by atoms with Crippen LogP contribution in [0.2, 0.25) is 0 Å². The van der Waals surface area contributed by atoms with Crippen molar-refractivity contribution in [3.63, 3.8) is 0 Å². The van der Waals surface area contributed by atoms with Crippen molar-refractivity contribution in [1.29, 1.82) is 0 Å². The Balaban J connectivity index is 0.000000228. The lowest BCUT2D eigenvalue weighted by atomic mass is 10.1. The van der Waals surface area contributed by atoms with Gasteiger partial charge in [-0.15, -0.1) is 0 Å². The highest BCUT2D eigenvalue weighted by atomic mass is 32.2. The molecular formula is C26H35NO4S. The number of aromatic hydroxyl groups is 1. The molecule has 1 N–H and O–H groups in total. The molecule has 0 unspecified atom stereocenters. The summed E-state index contributed by atoms with van der Waals surface area (Å²) in [4.78, 5) is -0.263. The van der Waals surface area contributed by atoms with Gasteiger partial charge in [-0.05, 0) is 54.3 Å². The molecule has 0 fully saturated rings. The predicted octanol–water partition coefficient (Wildman–Crippen LogP) is 5.68. The van der Waals surface area contributed by atoms with E-state index in [-0.39, 0.29) is 10.6 Å². The molecule has 0 aromatic heterocycles. The van der Waals surface area contributed by atoms with Gasteiger partial charge in [0.15, 0.2) is 0 Å². The number of hydrogen-bond acceptors (Lipinski definition) is 4. The van der Waals surface area contributed by atoms with E-state index in [1.54, 1.807) is 6.07 Å². The van der Waals surface area contributed by atoms with Gasteiger partial charge in [-0.25, -0.2) is 8.42 Å². The Kier molecular flexibility index (Phi) is 9.69. The maximum Gasteiger partial charge on any atom is 0.124 e. The fraction of sp³-hybridized carbons (Fsp3) is 0.385. The summed E-state index contributed by atoms with van der Waals surface area (Å²) >= 11 is 0. The van der Waals surface area contributed by atoms with Crippen LogP contribution in [-0.4, -0.2) is 42.2 Å². The average Bonchev–Trinajstić information content (AvgIpc) is 2.74. The molecule has 0 saturated carbocycles. The van der Waals surface area contributed by atoms with Crippen molar-refractivity contribution in [3.05, 3.63) is 72.3 Å². The Hall–Kier alpha value is -2.41. The number of benzene rings is 3. The van der Waals surface area contributed by atoms with E-state index < -0.39 is 10.1 Å². The Morgan fingerprint density at radius 2 is 1.31 bits per heavy atom. The van der Waals surface area contributed by atoms with Gasteiger partial charge >= 0.3 is 0 Å². The number of phenols is 1. The summed E-state index contributed by atoms with van der Waals surface area (Å²) in [6.07, 6.45) is 3.85. The Bertz CT molecular complexity index is 1060. The van der Waals surface area contributed by atoms with Crippen LogP contribution in [0.4, 0.5) is 0 Å². The molecular weight excluding hydrogens is 422 g/mol. The van der Waals surface area contributed by atoms with Crippen LogP contribution >= 0.6 is 0 Å². The van der Waals surface area contributed by atoms with Crippen molar-refractivity contribution in [2.24, 2.45) is 0 Å². The average molecular weight is 458 g/mol. The molecule has 3 rings (SSSR count). The van der Waals surface area contributed by atoms with Crippen LogP contribution in [0.15, 0.2) is 71.6 Å². The lowest BCUT2D eigenvalue weighted by molar-refractivity contribution is -0.941. The number of hydrogen-bond donors (Lipinski definition) is 1. The topological polar surface area (TPSA) is 77.4 Å². The molecule has 3 aromatic rings. The van der Waals surface area contributed by atoms with E-state index in [1.165, 1.54) is 85.8 Å². The van der Waals surface area contributed by atoms with E-state index in [9.17, 15) is 18.1 Å². The van der Waals surface area contributed by atoms with Crippen molar-refractivity contribution in [1.82, 2.24) is 0 Å². The SMILES string of the molecule is CCC[N+](CCC)(CCC)Cc1ccccc1.O=S(=O)([O-])c1ccc2cc(O)ccc2c1. The van der Waals surface area contributed by atoms with Crippen LogP contribution in [0.25, 0.3) is 10.8 Å². The molecule has 174 valence electrons. The van der Waals surface area contributed by atoms with E-state index in [0.29, 0.717) is 10.8 Å². The van der Waals surface area contributed by atoms with Crippen LogP contribution < -0.4 is 0 Å². The zero-order valence-corrected chi connectivity index (χ0v) is 20.1. The second-order valence-corrected chi connectivity index (χ2v) is 9.68. The first-order valence-corrected chi connectivity index (χ1v) is 12.7. The quantitative estimate of drug-likeness (QED) is 0.331. The van der Waals surface area contributed by atoms with E-state index in [4.69, 9.17) is 0 Å². The van der Waals surface area contributed by atoms with Gasteiger partial charge in [-0.2, -0.15) is 0 Å². The number of fused-ring (bicyclic) bond motifs is 1. The van der Waals surface area contributed by atoms with Gasteiger partial charge in [0.05, 0.1) is 24.5 Å². The standard InChI is InChI=1S/C16H28N.C10H8O4S/c1-4-12-17(13-5-2,14-6-3)15-16-10-8-7-9-11-16;11-9-3-1-8-6-10(15(12,13)14)4-2-7(8)5-9/h7-11H,4-6,12-15H2,1-3H3;1-6,11H,(H,12,13,14)/q+1;/p-1. The van der Waals surface area contributed by atoms with Gasteiger partial charge in [0.25, 0.3) is 0 Å². The summed E-state index contributed by atoms with van der Waals surface area (Å²) in [6.45, 7) is 12.1. The van der Waals surface area contributed by atoms with Gasteiger partial charge in [0.2, 0.25) is 0 Å². The molecule has 0 aliphatic carbocycles. The second-order valence-electron chi connectivity index (χ2n) is 8.30. The molecule has 0 radical (unpaired) electrons. The molecule has 3 aromatic carbocycles. The Labute approximate surface area is 192 Å². The van der Waals surface area contributed by atoms with Gasteiger partial charge < -0.3 is 14.1 Å². The fourth-order valence-electron chi connectivity index (χ4n) is 4.33. The third kappa shape index (κ3) is 7.62. The monoisotopic (exact) mass is 457 g/mol. The number of quaternary nitrogens is 1. The van der Waals surface area contributed by atoms with E-state index >= 15 is 0 Å². The van der Waals surface area contributed by atoms with Gasteiger partial charge in [0, 0.05) is 5.56 Å². The third-order valence-electron chi connectivity index (χ3n) is 5.54. The molecule has 0 spiro atoms. The molecule has 0 heterocycles. The summed E-state index contributed by atoms with van der Waals surface area (Å²) in [5, 5.41) is 10.5. The van der Waals surface area contributed by atoms with Crippen LogP contribution in [-0.2, 0) is 16.7 Å². The molecule has 0 atom stereocenters. The maximum atomic E-state index is 10.7. The minimum absolute atomic E-state index is 0.0974. The molecule has 0 saturated heterocycles. The minimum Gasteiger partial charge on any atom is -0.744 e. The zero-order chi connectivity index (χ0) is 23.6. The highest BCUT2D eigenvalue weighted by Crippen LogP contribution is 2.22. The van der Waals surface area contributed by atoms with Crippen molar-refractivity contribution >= 4 is 20.9 Å². The molecule has 32 heavy (non-hydrogen) atoms. The summed E-state index contributed by atoms with van der Waals surface area (Å²) < 4.78 is 33.5. The van der Waals surface area contributed by atoms with Crippen molar-refractivity contribution in [2.75, 3.05) is 19.6 Å². The molecule has 0 bridgehead atoms. The highest BCUT2D eigenvalue weighted by molar-refractivity contribution is 7.85. The fourth-order valence-corrected chi connectivity index (χ4v) is 4.84. The van der Waals surface area contributed by atoms with Gasteiger partial charge in [0.1, 0.15) is 22.4 Å². The van der Waals surface area contributed by atoms with E-state index in [2.05, 4.69) is 51.1 Å². The van der Waals surface area contributed by atoms with Gasteiger partial charge in [-0.1, -0.05) is 63.2 Å². The molecule has 0 amide bonds. The van der Waals surface area contributed by atoms with Crippen molar-refractivity contribution in [2.45, 2.75) is 51.5 Å². The summed E-state index contributed by atoms with van der Waals surface area (Å²) in [5.74, 6) is 0.0974. The van der Waals surface area contributed by atoms with E-state index in [0.717, 1.165) is 0 Å². The van der Waals surface area contributed by atoms with Crippen LogP contribution in [0.1, 0.15) is 45.6 Å². The first-order valence-electron chi connectivity index (χ1n) is 11.3. The van der Waals surface area contributed by atoms with Crippen LogP contribution in [0, 0.1) is 0 Å². The smallest absolute Gasteiger partial charge is 0.124 e.